The second-order valence-corrected chi connectivity index (χ2v) is 16.1. The molecule has 0 saturated heterocycles. The van der Waals surface area contributed by atoms with Gasteiger partial charge in [0.05, 0.1) is 6.61 Å². The smallest absolute Gasteiger partial charge is 0.316 e. The number of hydrogen-bond donors (Lipinski definition) is 1. The second kappa shape index (κ2) is 9.74. The van der Waals surface area contributed by atoms with Crippen LogP contribution in [-0.2, 0) is 28.7 Å². The van der Waals surface area contributed by atoms with Crippen molar-refractivity contribution in [3.63, 3.8) is 0 Å². The Labute approximate surface area is 245 Å². The highest BCUT2D eigenvalue weighted by atomic mass is 16.5. The summed E-state index contributed by atoms with van der Waals surface area (Å²) < 4.78 is 5.03. The molecule has 230 valence electrons. The molecule has 2 unspecified atom stereocenters. The molecule has 6 bridgehead atoms. The molecule has 0 aromatic rings. The first-order valence-electron chi connectivity index (χ1n) is 15.7. The fourth-order valence-corrected chi connectivity index (χ4v) is 9.86. The lowest BCUT2D eigenvalue weighted by Crippen LogP contribution is -2.36. The third kappa shape index (κ3) is 4.06. The minimum Gasteiger partial charge on any atom is -0.481 e. The Bertz CT molecular complexity index is 1160. The molecule has 0 aromatic carbocycles. The summed E-state index contributed by atoms with van der Waals surface area (Å²) in [6.07, 6.45) is 6.87. The van der Waals surface area contributed by atoms with Gasteiger partial charge >= 0.3 is 11.9 Å². The monoisotopic (exact) mass is 572 g/mol. The predicted octanol–water partition coefficient (Wildman–Crippen LogP) is 6.31. The molecule has 0 aromatic heterocycles. The Kier molecular flexibility index (Phi) is 7.57. The molecule has 6 aliphatic carbocycles. The van der Waals surface area contributed by atoms with Crippen molar-refractivity contribution in [2.24, 2.45) is 62.1 Å². The first-order chi connectivity index (χ1) is 18.7. The molecule has 0 spiro atoms. The molecule has 8 atom stereocenters. The number of ether oxygens (including phenoxy) is 1. The van der Waals surface area contributed by atoms with Gasteiger partial charge in [-0.25, -0.2) is 0 Å². The van der Waals surface area contributed by atoms with Crippen LogP contribution < -0.4 is 0 Å². The fourth-order valence-electron chi connectivity index (χ4n) is 9.86. The highest BCUT2D eigenvalue weighted by Crippen LogP contribution is 2.67. The minimum absolute atomic E-state index is 0.0255. The van der Waals surface area contributed by atoms with Crippen molar-refractivity contribution in [3.8, 4) is 0 Å². The van der Waals surface area contributed by atoms with Gasteiger partial charge in [-0.3, -0.25) is 24.0 Å². The Morgan fingerprint density at radius 3 is 1.39 bits per heavy atom. The van der Waals surface area contributed by atoms with Gasteiger partial charge in [0, 0.05) is 22.7 Å². The van der Waals surface area contributed by atoms with Crippen LogP contribution in [0, 0.1) is 62.1 Å². The number of carbonyl (C=O) groups is 5. The molecule has 0 radical (unpaired) electrons. The van der Waals surface area contributed by atoms with Gasteiger partial charge in [-0.15, -0.1) is 0 Å². The Hall–Kier alpha value is -2.05. The van der Waals surface area contributed by atoms with E-state index in [0.717, 1.165) is 38.5 Å². The Balaban J connectivity index is 0.000000144. The van der Waals surface area contributed by atoms with Crippen LogP contribution in [0.3, 0.4) is 0 Å². The predicted molar refractivity (Wildman–Crippen MR) is 155 cm³/mol. The lowest BCUT2D eigenvalue weighted by Gasteiger charge is -2.32. The molecule has 0 heterocycles. The van der Waals surface area contributed by atoms with E-state index in [-0.39, 0.29) is 56.4 Å². The standard InChI is InChI=1S/C13H20O3.C11H16O3.C10H16O/c1-5-16-11(15)9-8-6-7-13(4,10(9)14)12(8,2)3;1-10(2)6-4-5-11(10,3)8(12)7(6)9(13)14;1-9(2)7-4-5-10(9,3)8(11)6-7/h8-9H,5-7H2,1-4H3;6-7H,4-5H2,1-3H3,(H,13,14);7H,4-6H2,1-3H3/t8-,9?,13+;6-,7?,11+;7-,10+/m000/s1. The SMILES string of the molecule is CC1(C)[C@H]2CC[C@]1(C)C(=O)C2.CC1(C)[C@H]2CC[C@]1(C)C(=O)C2C(=O)O.CCOC(=O)C1C(=O)[C@@]2(C)CC[C@@H]1C2(C)C. The van der Waals surface area contributed by atoms with Crippen LogP contribution in [0.5, 0.6) is 0 Å². The van der Waals surface area contributed by atoms with Crippen LogP contribution in [-0.4, -0.2) is 41.0 Å². The molecule has 6 fully saturated rings. The van der Waals surface area contributed by atoms with Crippen molar-refractivity contribution >= 4 is 29.3 Å². The van der Waals surface area contributed by atoms with Crippen molar-refractivity contribution in [1.29, 1.82) is 0 Å². The molecule has 6 rings (SSSR count). The van der Waals surface area contributed by atoms with Crippen LogP contribution in [0.1, 0.15) is 114 Å². The van der Waals surface area contributed by atoms with E-state index in [9.17, 15) is 24.0 Å². The van der Waals surface area contributed by atoms with Gasteiger partial charge in [0.1, 0.15) is 17.6 Å². The van der Waals surface area contributed by atoms with Gasteiger partial charge < -0.3 is 9.84 Å². The first kappa shape index (κ1) is 31.9. The molecule has 0 amide bonds. The highest BCUT2D eigenvalue weighted by molar-refractivity contribution is 6.06. The van der Waals surface area contributed by atoms with Crippen molar-refractivity contribution in [2.45, 2.75) is 114 Å². The van der Waals surface area contributed by atoms with Gasteiger partial charge in [0.25, 0.3) is 0 Å². The zero-order valence-electron chi connectivity index (χ0n) is 26.9. The van der Waals surface area contributed by atoms with Gasteiger partial charge in [0.2, 0.25) is 0 Å². The van der Waals surface area contributed by atoms with Gasteiger partial charge in [-0.1, -0.05) is 62.3 Å². The average Bonchev–Trinajstić information content (AvgIpc) is 3.49. The lowest BCUT2D eigenvalue weighted by molar-refractivity contribution is -0.154. The molecule has 7 heteroatoms. The summed E-state index contributed by atoms with van der Waals surface area (Å²) in [5.41, 5.74) is -0.633. The van der Waals surface area contributed by atoms with E-state index < -0.39 is 23.2 Å². The first-order valence-corrected chi connectivity index (χ1v) is 15.7. The molecule has 6 saturated carbocycles. The number of fused-ring (bicyclic) bond motifs is 6. The largest absolute Gasteiger partial charge is 0.481 e. The number of Topliss-reactive ketones (excluding diaryl/α,β-unsaturated/α-hetero) is 3. The van der Waals surface area contributed by atoms with Crippen molar-refractivity contribution in [2.75, 3.05) is 6.61 Å². The number of carbonyl (C=O) groups excluding carboxylic acids is 4. The maximum Gasteiger partial charge on any atom is 0.316 e. The van der Waals surface area contributed by atoms with Crippen molar-refractivity contribution in [3.05, 3.63) is 0 Å². The summed E-state index contributed by atoms with van der Waals surface area (Å²) in [5, 5.41) is 9.03. The van der Waals surface area contributed by atoms with E-state index >= 15 is 0 Å². The van der Waals surface area contributed by atoms with E-state index in [2.05, 4.69) is 34.6 Å². The maximum absolute atomic E-state index is 12.3. The van der Waals surface area contributed by atoms with Crippen LogP contribution >= 0.6 is 0 Å². The van der Waals surface area contributed by atoms with Crippen LogP contribution in [0.15, 0.2) is 0 Å². The number of rotatable bonds is 3. The Morgan fingerprint density at radius 2 is 1.15 bits per heavy atom. The van der Waals surface area contributed by atoms with Crippen molar-refractivity contribution < 1.29 is 33.8 Å². The number of carboxylic acid groups (broad SMARTS) is 1. The summed E-state index contributed by atoms with van der Waals surface area (Å²) in [5.74, 6) is -1.04. The summed E-state index contributed by atoms with van der Waals surface area (Å²) >= 11 is 0. The van der Waals surface area contributed by atoms with E-state index in [1.165, 1.54) is 6.42 Å². The number of aliphatic carboxylic acids is 1. The van der Waals surface area contributed by atoms with Crippen LogP contribution in [0.25, 0.3) is 0 Å². The Morgan fingerprint density at radius 1 is 0.707 bits per heavy atom. The normalized spacial score (nSPS) is 43.4. The molecule has 0 aliphatic heterocycles. The molecular weight excluding hydrogens is 520 g/mol. The molecule has 7 nitrogen and oxygen atoms in total. The van der Waals surface area contributed by atoms with Gasteiger partial charge in [-0.2, -0.15) is 0 Å². The van der Waals surface area contributed by atoms with E-state index in [1.807, 2.05) is 27.7 Å². The fraction of sp³-hybridized carbons (Fsp3) is 0.853. The zero-order chi connectivity index (χ0) is 31.1. The molecule has 1 N–H and O–H groups in total. The highest BCUT2D eigenvalue weighted by Gasteiger charge is 2.69. The van der Waals surface area contributed by atoms with E-state index in [4.69, 9.17) is 9.84 Å². The number of ketones is 3. The third-order valence-electron chi connectivity index (χ3n) is 14.4. The summed E-state index contributed by atoms with van der Waals surface area (Å²) in [7, 11) is 0. The van der Waals surface area contributed by atoms with Crippen LogP contribution in [0.4, 0.5) is 0 Å². The number of carboxylic acids is 1. The van der Waals surface area contributed by atoms with Gasteiger partial charge in [0.15, 0.2) is 11.6 Å². The molecule has 6 aliphatic rings. The second-order valence-electron chi connectivity index (χ2n) is 16.1. The minimum atomic E-state index is -0.934. The third-order valence-corrected chi connectivity index (χ3v) is 14.4. The summed E-state index contributed by atoms with van der Waals surface area (Å²) in [6, 6.07) is 0. The summed E-state index contributed by atoms with van der Waals surface area (Å²) in [6.45, 7) is 21.0. The summed E-state index contributed by atoms with van der Waals surface area (Å²) in [4.78, 5) is 58.7. The topological polar surface area (TPSA) is 115 Å². The quantitative estimate of drug-likeness (QED) is 0.311. The maximum atomic E-state index is 12.3. The molecule has 41 heavy (non-hydrogen) atoms. The van der Waals surface area contributed by atoms with E-state index in [0.29, 0.717) is 18.3 Å². The number of esters is 1. The number of hydrogen-bond acceptors (Lipinski definition) is 6. The molecular formula is C34H52O7. The van der Waals surface area contributed by atoms with Crippen LogP contribution in [0.2, 0.25) is 0 Å². The van der Waals surface area contributed by atoms with E-state index in [1.54, 1.807) is 6.92 Å². The lowest BCUT2D eigenvalue weighted by atomic mass is 9.70. The van der Waals surface area contributed by atoms with Gasteiger partial charge in [-0.05, 0) is 79.4 Å². The zero-order valence-corrected chi connectivity index (χ0v) is 26.9. The van der Waals surface area contributed by atoms with Crippen molar-refractivity contribution in [1.82, 2.24) is 0 Å². The average molecular weight is 573 g/mol.